The summed E-state index contributed by atoms with van der Waals surface area (Å²) in [6.45, 7) is 2.29. The molecule has 1 amide bonds. The second kappa shape index (κ2) is 6.16. The second-order valence-corrected chi connectivity index (χ2v) is 3.26. The highest BCUT2D eigenvalue weighted by Crippen LogP contribution is 2.00. The zero-order valence-electron chi connectivity index (χ0n) is 8.77. The zero-order valence-corrected chi connectivity index (χ0v) is 8.77. The molecule has 1 aromatic carbocycles. The van der Waals surface area contributed by atoms with Crippen molar-refractivity contribution < 1.29 is 9.63 Å². The van der Waals surface area contributed by atoms with E-state index in [1.807, 2.05) is 37.3 Å². The first kappa shape index (κ1) is 11.7. The van der Waals surface area contributed by atoms with Crippen molar-refractivity contribution in [1.29, 1.82) is 0 Å². The lowest BCUT2D eigenvalue weighted by Gasteiger charge is -2.12. The molecule has 0 spiro atoms. The molecule has 82 valence electrons. The molecule has 0 radical (unpaired) electrons. The molecule has 3 N–H and O–H groups in total. The average molecular weight is 208 g/mol. The van der Waals surface area contributed by atoms with E-state index in [0.717, 1.165) is 5.56 Å². The summed E-state index contributed by atoms with van der Waals surface area (Å²) in [7, 11) is 0. The van der Waals surface area contributed by atoms with E-state index in [1.54, 1.807) is 0 Å². The van der Waals surface area contributed by atoms with Crippen molar-refractivity contribution in [3.63, 3.8) is 0 Å². The Bertz CT molecular complexity index is 301. The Morgan fingerprint density at radius 2 is 2.13 bits per heavy atom. The van der Waals surface area contributed by atoms with Crippen LogP contribution in [-0.4, -0.2) is 11.9 Å². The summed E-state index contributed by atoms with van der Waals surface area (Å²) < 4.78 is 0. The lowest BCUT2D eigenvalue weighted by atomic mass is 10.2. The highest BCUT2D eigenvalue weighted by molar-refractivity contribution is 5.79. The van der Waals surface area contributed by atoms with E-state index in [0.29, 0.717) is 13.0 Å². The molecule has 1 rings (SSSR count). The zero-order chi connectivity index (χ0) is 11.1. The predicted octanol–water partition coefficient (Wildman–Crippen LogP) is 0.972. The van der Waals surface area contributed by atoms with Crippen LogP contribution in [0.1, 0.15) is 18.9 Å². The van der Waals surface area contributed by atoms with Crippen molar-refractivity contribution in [2.24, 2.45) is 5.73 Å². The highest BCUT2D eigenvalue weighted by atomic mass is 16.6. The molecule has 0 saturated carbocycles. The van der Waals surface area contributed by atoms with Gasteiger partial charge in [0.25, 0.3) is 0 Å². The van der Waals surface area contributed by atoms with Gasteiger partial charge in [-0.25, -0.2) is 0 Å². The molecule has 4 heteroatoms. The quantitative estimate of drug-likeness (QED) is 0.685. The molecule has 0 aliphatic rings. The van der Waals surface area contributed by atoms with Gasteiger partial charge >= 0.3 is 0 Å². The Labute approximate surface area is 89.4 Å². The number of nitrogens with one attached hydrogen (secondary N) is 1. The van der Waals surface area contributed by atoms with Crippen LogP contribution in [0.4, 0.5) is 0 Å². The molecule has 1 atom stereocenters. The number of carbonyl (C=O) groups excluding carboxylic acids is 1. The molecular formula is C11H16N2O2. The van der Waals surface area contributed by atoms with Crippen molar-refractivity contribution in [3.8, 4) is 0 Å². The SMILES string of the molecule is CCC(NOCc1ccccc1)C(N)=O. The van der Waals surface area contributed by atoms with E-state index in [9.17, 15) is 4.79 Å². The maximum atomic E-state index is 10.9. The Morgan fingerprint density at radius 1 is 1.47 bits per heavy atom. The minimum Gasteiger partial charge on any atom is -0.368 e. The maximum Gasteiger partial charge on any atom is 0.236 e. The fourth-order valence-electron chi connectivity index (χ4n) is 1.14. The molecule has 0 fully saturated rings. The fraction of sp³-hybridized carbons (Fsp3) is 0.364. The molecule has 0 aromatic heterocycles. The lowest BCUT2D eigenvalue weighted by molar-refractivity contribution is -0.124. The maximum absolute atomic E-state index is 10.9. The van der Waals surface area contributed by atoms with Gasteiger partial charge in [-0.3, -0.25) is 9.63 Å². The highest BCUT2D eigenvalue weighted by Gasteiger charge is 2.11. The number of primary amides is 1. The van der Waals surface area contributed by atoms with Gasteiger partial charge in [-0.15, -0.1) is 0 Å². The van der Waals surface area contributed by atoms with E-state index in [-0.39, 0.29) is 0 Å². The number of hydrogen-bond donors (Lipinski definition) is 2. The van der Waals surface area contributed by atoms with E-state index in [4.69, 9.17) is 10.6 Å². The van der Waals surface area contributed by atoms with Crippen LogP contribution >= 0.6 is 0 Å². The second-order valence-electron chi connectivity index (χ2n) is 3.26. The van der Waals surface area contributed by atoms with Gasteiger partial charge in [0, 0.05) is 0 Å². The fourth-order valence-corrected chi connectivity index (χ4v) is 1.14. The van der Waals surface area contributed by atoms with Crippen molar-refractivity contribution >= 4 is 5.91 Å². The molecular weight excluding hydrogens is 192 g/mol. The minimum absolute atomic E-state index is 0.398. The summed E-state index contributed by atoms with van der Waals surface area (Å²) in [4.78, 5) is 16.0. The number of hydroxylamine groups is 1. The topological polar surface area (TPSA) is 64.3 Å². The van der Waals surface area contributed by atoms with Gasteiger partial charge in [-0.2, -0.15) is 5.48 Å². The molecule has 0 bridgehead atoms. The molecule has 0 saturated heterocycles. The molecule has 4 nitrogen and oxygen atoms in total. The smallest absolute Gasteiger partial charge is 0.236 e. The van der Waals surface area contributed by atoms with Crippen molar-refractivity contribution in [1.82, 2.24) is 5.48 Å². The molecule has 0 aliphatic heterocycles. The first-order valence-corrected chi connectivity index (χ1v) is 4.94. The van der Waals surface area contributed by atoms with Crippen molar-refractivity contribution in [2.45, 2.75) is 26.0 Å². The van der Waals surface area contributed by atoms with Crippen LogP contribution in [0, 0.1) is 0 Å². The van der Waals surface area contributed by atoms with Gasteiger partial charge < -0.3 is 5.73 Å². The van der Waals surface area contributed by atoms with Gasteiger partial charge in [0.05, 0.1) is 6.61 Å². The van der Waals surface area contributed by atoms with E-state index in [1.165, 1.54) is 0 Å². The molecule has 0 aliphatic carbocycles. The minimum atomic E-state index is -0.422. The van der Waals surface area contributed by atoms with E-state index >= 15 is 0 Å². The Hall–Kier alpha value is -1.39. The number of benzene rings is 1. The third-order valence-corrected chi connectivity index (χ3v) is 2.06. The number of amides is 1. The summed E-state index contributed by atoms with van der Waals surface area (Å²) in [6.07, 6.45) is 0.615. The molecule has 15 heavy (non-hydrogen) atoms. The first-order valence-electron chi connectivity index (χ1n) is 4.94. The van der Waals surface area contributed by atoms with Crippen LogP contribution in [0.25, 0.3) is 0 Å². The van der Waals surface area contributed by atoms with Gasteiger partial charge in [-0.1, -0.05) is 37.3 Å². The normalized spacial score (nSPS) is 12.3. The summed E-state index contributed by atoms with van der Waals surface area (Å²) in [5, 5.41) is 0. The van der Waals surface area contributed by atoms with Crippen molar-refractivity contribution in [2.75, 3.05) is 0 Å². The summed E-state index contributed by atoms with van der Waals surface area (Å²) >= 11 is 0. The molecule has 0 heterocycles. The third kappa shape index (κ3) is 4.10. The van der Waals surface area contributed by atoms with Crippen LogP contribution in [-0.2, 0) is 16.2 Å². The van der Waals surface area contributed by atoms with Crippen LogP contribution in [0.2, 0.25) is 0 Å². The van der Waals surface area contributed by atoms with Crippen LogP contribution in [0.5, 0.6) is 0 Å². The van der Waals surface area contributed by atoms with Gasteiger partial charge in [0.1, 0.15) is 6.04 Å². The third-order valence-electron chi connectivity index (χ3n) is 2.06. The largest absolute Gasteiger partial charge is 0.368 e. The van der Waals surface area contributed by atoms with Crippen LogP contribution in [0.15, 0.2) is 30.3 Å². The number of nitrogens with two attached hydrogens (primary N) is 1. The summed E-state index contributed by atoms with van der Waals surface area (Å²) in [5.41, 5.74) is 8.83. The van der Waals surface area contributed by atoms with Crippen molar-refractivity contribution in [3.05, 3.63) is 35.9 Å². The number of rotatable bonds is 6. The lowest BCUT2D eigenvalue weighted by Crippen LogP contribution is -2.40. The van der Waals surface area contributed by atoms with E-state index in [2.05, 4.69) is 5.48 Å². The predicted molar refractivity (Wildman–Crippen MR) is 57.6 cm³/mol. The van der Waals surface area contributed by atoms with Gasteiger partial charge in [0.2, 0.25) is 5.91 Å². The summed E-state index contributed by atoms with van der Waals surface area (Å²) in [6, 6.07) is 9.29. The summed E-state index contributed by atoms with van der Waals surface area (Å²) in [5.74, 6) is -0.398. The van der Waals surface area contributed by atoms with E-state index < -0.39 is 11.9 Å². The Balaban J connectivity index is 2.30. The average Bonchev–Trinajstić information content (AvgIpc) is 2.25. The Morgan fingerprint density at radius 3 is 2.67 bits per heavy atom. The standard InChI is InChI=1S/C11H16N2O2/c1-2-10(11(12)14)13-15-8-9-6-4-3-5-7-9/h3-7,10,13H,2,8H2,1H3,(H2,12,14). The van der Waals surface area contributed by atoms with Gasteiger partial charge in [-0.05, 0) is 12.0 Å². The number of carbonyl (C=O) groups is 1. The monoisotopic (exact) mass is 208 g/mol. The Kier molecular flexibility index (Phi) is 4.80. The first-order chi connectivity index (χ1) is 7.24. The molecule has 1 aromatic rings. The van der Waals surface area contributed by atoms with Crippen LogP contribution in [0.3, 0.4) is 0 Å². The molecule has 1 unspecified atom stereocenters. The number of hydrogen-bond acceptors (Lipinski definition) is 3. The van der Waals surface area contributed by atoms with Gasteiger partial charge in [0.15, 0.2) is 0 Å². The van der Waals surface area contributed by atoms with Crippen LogP contribution < -0.4 is 11.2 Å².